The molecule has 0 radical (unpaired) electrons. The summed E-state index contributed by atoms with van der Waals surface area (Å²) in [5, 5.41) is 3.18. The van der Waals surface area contributed by atoms with Gasteiger partial charge in [-0.25, -0.2) is 0 Å². The second kappa shape index (κ2) is 11.1. The molecule has 0 spiro atoms. The number of hydrogen-bond acceptors (Lipinski definition) is 2. The highest BCUT2D eigenvalue weighted by Gasteiger charge is 2.22. The number of para-hydroxylation sites is 1. The number of guanidine groups is 1. The summed E-state index contributed by atoms with van der Waals surface area (Å²) in [6.45, 7) is 5.66. The monoisotopic (exact) mass is 456 g/mol. The van der Waals surface area contributed by atoms with Crippen molar-refractivity contribution in [3.63, 3.8) is 0 Å². The molecule has 1 aromatic carbocycles. The first kappa shape index (κ1) is 21.5. The Labute approximate surface area is 168 Å². The molecule has 1 aliphatic rings. The van der Waals surface area contributed by atoms with Gasteiger partial charge in [-0.1, -0.05) is 24.3 Å². The summed E-state index contributed by atoms with van der Waals surface area (Å²) in [5.74, 6) is 0.834. The van der Waals surface area contributed by atoms with Gasteiger partial charge in [0.15, 0.2) is 5.96 Å². The lowest BCUT2D eigenvalue weighted by Gasteiger charge is -2.30. The molecule has 138 valence electrons. The third-order valence-electron chi connectivity index (χ3n) is 4.28. The molecule has 0 unspecified atom stereocenters. The van der Waals surface area contributed by atoms with Crippen LogP contribution in [0.1, 0.15) is 24.8 Å². The third-order valence-corrected chi connectivity index (χ3v) is 4.28. The number of rotatable bonds is 6. The van der Waals surface area contributed by atoms with E-state index < -0.39 is 0 Å². The number of carbonyl (C=O) groups is 1. The third kappa shape index (κ3) is 6.02. The lowest BCUT2D eigenvalue weighted by molar-refractivity contribution is -0.117. The first-order chi connectivity index (χ1) is 11.7. The topological polar surface area (TPSA) is 47.9 Å². The average molecular weight is 456 g/mol. The highest BCUT2D eigenvalue weighted by Crippen LogP contribution is 2.26. The Balaban J connectivity index is 0.00000312. The summed E-state index contributed by atoms with van der Waals surface area (Å²) < 4.78 is 0. The van der Waals surface area contributed by atoms with Gasteiger partial charge in [0.2, 0.25) is 5.91 Å². The van der Waals surface area contributed by atoms with Gasteiger partial charge < -0.3 is 15.1 Å². The molecule has 25 heavy (non-hydrogen) atoms. The van der Waals surface area contributed by atoms with Crippen LogP contribution in [0.5, 0.6) is 0 Å². The fourth-order valence-corrected chi connectivity index (χ4v) is 3.01. The SMILES string of the molecule is C=CCCCN(C)C(=NC)NCC(=O)N1CCCc2ccccc21.I. The van der Waals surface area contributed by atoms with Gasteiger partial charge in [-0.3, -0.25) is 9.79 Å². The van der Waals surface area contributed by atoms with Crippen LogP contribution in [0, 0.1) is 0 Å². The fourth-order valence-electron chi connectivity index (χ4n) is 3.01. The molecule has 0 aromatic heterocycles. The lowest BCUT2D eigenvalue weighted by Crippen LogP contribution is -2.46. The second-order valence-corrected chi connectivity index (χ2v) is 6.03. The van der Waals surface area contributed by atoms with Gasteiger partial charge in [0.1, 0.15) is 0 Å². The van der Waals surface area contributed by atoms with Gasteiger partial charge in [-0.2, -0.15) is 0 Å². The maximum atomic E-state index is 12.6. The summed E-state index contributed by atoms with van der Waals surface area (Å²) in [6.07, 6.45) is 5.97. The zero-order valence-electron chi connectivity index (χ0n) is 15.2. The standard InChI is InChI=1S/C19H28N4O.HI/c1-4-5-8-13-22(3)19(20-2)21-15-18(24)23-14-9-11-16-10-6-7-12-17(16)23;/h4,6-7,10,12H,1,5,8-9,11,13-15H2,2-3H3,(H,20,21);1H. The Morgan fingerprint density at radius 3 is 2.92 bits per heavy atom. The first-order valence-electron chi connectivity index (χ1n) is 8.58. The van der Waals surface area contributed by atoms with Gasteiger partial charge in [-0.05, 0) is 37.3 Å². The van der Waals surface area contributed by atoms with Crippen LogP contribution in [0.2, 0.25) is 0 Å². The van der Waals surface area contributed by atoms with Crippen molar-refractivity contribution in [2.24, 2.45) is 4.99 Å². The predicted octanol–water partition coefficient (Wildman–Crippen LogP) is 3.06. The highest BCUT2D eigenvalue weighted by atomic mass is 127. The number of amides is 1. The molecule has 0 saturated heterocycles. The van der Waals surface area contributed by atoms with Crippen LogP contribution in [0.3, 0.4) is 0 Å². The van der Waals surface area contributed by atoms with Crippen molar-refractivity contribution >= 4 is 41.5 Å². The van der Waals surface area contributed by atoms with E-state index in [-0.39, 0.29) is 36.4 Å². The highest BCUT2D eigenvalue weighted by molar-refractivity contribution is 14.0. The number of hydrogen-bond donors (Lipinski definition) is 1. The number of aryl methyl sites for hydroxylation is 1. The maximum Gasteiger partial charge on any atom is 0.246 e. The van der Waals surface area contributed by atoms with Crippen LogP contribution in [0.25, 0.3) is 0 Å². The number of anilines is 1. The molecule has 0 fully saturated rings. The van der Waals surface area contributed by atoms with E-state index in [2.05, 4.69) is 23.0 Å². The Bertz CT molecular complexity index is 603. The van der Waals surface area contributed by atoms with Crippen molar-refractivity contribution in [3.05, 3.63) is 42.5 Å². The minimum atomic E-state index is 0. The van der Waals surface area contributed by atoms with Gasteiger partial charge in [-0.15, -0.1) is 30.6 Å². The zero-order valence-corrected chi connectivity index (χ0v) is 17.5. The van der Waals surface area contributed by atoms with Gasteiger partial charge >= 0.3 is 0 Å². The van der Waals surface area contributed by atoms with E-state index >= 15 is 0 Å². The van der Waals surface area contributed by atoms with Gasteiger partial charge in [0.05, 0.1) is 6.54 Å². The largest absolute Gasteiger partial charge is 0.347 e. The van der Waals surface area contributed by atoms with Crippen molar-refractivity contribution in [3.8, 4) is 0 Å². The molecule has 0 aliphatic carbocycles. The Kier molecular flexibility index (Phi) is 9.55. The molecule has 6 heteroatoms. The van der Waals surface area contributed by atoms with E-state index in [1.165, 1.54) is 5.56 Å². The van der Waals surface area contributed by atoms with Crippen LogP contribution in [0.15, 0.2) is 41.9 Å². The van der Waals surface area contributed by atoms with Crippen molar-refractivity contribution in [2.75, 3.05) is 38.6 Å². The Hall–Kier alpha value is -1.57. The molecule has 0 atom stereocenters. The van der Waals surface area contributed by atoms with E-state index in [1.54, 1.807) is 7.05 Å². The van der Waals surface area contributed by atoms with Crippen molar-refractivity contribution in [1.82, 2.24) is 10.2 Å². The number of benzene rings is 1. The molecule has 2 rings (SSSR count). The number of allylic oxidation sites excluding steroid dienone is 1. The van der Waals surface area contributed by atoms with Crippen molar-refractivity contribution in [1.29, 1.82) is 0 Å². The molecule has 5 nitrogen and oxygen atoms in total. The zero-order chi connectivity index (χ0) is 17.4. The average Bonchev–Trinajstić information content (AvgIpc) is 2.61. The van der Waals surface area contributed by atoms with E-state index in [0.717, 1.165) is 50.4 Å². The minimum Gasteiger partial charge on any atom is -0.347 e. The molecular weight excluding hydrogens is 427 g/mol. The maximum absolute atomic E-state index is 12.6. The summed E-state index contributed by atoms with van der Waals surface area (Å²) in [7, 11) is 3.73. The molecule has 1 heterocycles. The predicted molar refractivity (Wildman–Crippen MR) is 116 cm³/mol. The first-order valence-corrected chi connectivity index (χ1v) is 8.58. The van der Waals surface area contributed by atoms with E-state index in [9.17, 15) is 4.79 Å². The number of fused-ring (bicyclic) bond motifs is 1. The molecular formula is C19H29IN4O. The summed E-state index contributed by atoms with van der Waals surface area (Å²) >= 11 is 0. The summed E-state index contributed by atoms with van der Waals surface area (Å²) in [6, 6.07) is 8.16. The summed E-state index contributed by atoms with van der Waals surface area (Å²) in [4.78, 5) is 20.8. The molecule has 1 amide bonds. The van der Waals surface area contributed by atoms with Gasteiger partial charge in [0, 0.05) is 32.9 Å². The van der Waals surface area contributed by atoms with Crippen molar-refractivity contribution < 1.29 is 4.79 Å². The van der Waals surface area contributed by atoms with E-state index in [0.29, 0.717) is 0 Å². The molecule has 1 aromatic rings. The van der Waals surface area contributed by atoms with E-state index in [4.69, 9.17) is 0 Å². The Morgan fingerprint density at radius 2 is 2.20 bits per heavy atom. The van der Waals surface area contributed by atoms with Crippen LogP contribution in [-0.4, -0.2) is 50.5 Å². The number of nitrogens with one attached hydrogen (secondary N) is 1. The number of unbranched alkanes of at least 4 members (excludes halogenated alkanes) is 1. The fraction of sp³-hybridized carbons (Fsp3) is 0.474. The molecule has 0 saturated carbocycles. The number of halogens is 1. The van der Waals surface area contributed by atoms with E-state index in [1.807, 2.05) is 41.1 Å². The quantitative estimate of drug-likeness (QED) is 0.235. The molecule has 1 aliphatic heterocycles. The van der Waals surface area contributed by atoms with Crippen LogP contribution < -0.4 is 10.2 Å². The molecule has 1 N–H and O–H groups in total. The van der Waals surface area contributed by atoms with Crippen LogP contribution in [0.4, 0.5) is 5.69 Å². The summed E-state index contributed by atoms with van der Waals surface area (Å²) in [5.41, 5.74) is 2.30. The Morgan fingerprint density at radius 1 is 1.44 bits per heavy atom. The lowest BCUT2D eigenvalue weighted by atomic mass is 10.0. The molecule has 0 bridgehead atoms. The number of carbonyl (C=O) groups excluding carboxylic acids is 1. The smallest absolute Gasteiger partial charge is 0.246 e. The van der Waals surface area contributed by atoms with Crippen molar-refractivity contribution in [2.45, 2.75) is 25.7 Å². The second-order valence-electron chi connectivity index (χ2n) is 6.03. The minimum absolute atomic E-state index is 0. The number of aliphatic imine (C=N–C) groups is 1. The van der Waals surface area contributed by atoms with Gasteiger partial charge in [0.25, 0.3) is 0 Å². The normalized spacial score (nSPS) is 13.5. The number of nitrogens with zero attached hydrogens (tertiary/aromatic N) is 3. The van der Waals surface area contributed by atoms with Crippen LogP contribution in [-0.2, 0) is 11.2 Å². The van der Waals surface area contributed by atoms with Crippen LogP contribution >= 0.6 is 24.0 Å².